The van der Waals surface area contributed by atoms with Gasteiger partial charge in [0.15, 0.2) is 0 Å². The Hall–Kier alpha value is -5.05. The fourth-order valence-corrected chi connectivity index (χ4v) is 6.07. The average Bonchev–Trinajstić information content (AvgIpc) is 3.10. The molecule has 4 aromatic rings. The number of methoxy groups -OCH3 is 2. The van der Waals surface area contributed by atoms with E-state index in [1.165, 1.54) is 6.42 Å². The largest absolute Gasteiger partial charge is 0.497 e. The van der Waals surface area contributed by atoms with E-state index in [2.05, 4.69) is 58.8 Å². The number of carbonyl (C=O) groups is 2. The minimum absolute atomic E-state index is 0.203. The molecule has 258 valence electrons. The van der Waals surface area contributed by atoms with Crippen molar-refractivity contribution >= 4 is 17.8 Å². The molecule has 1 N–H and O–H groups in total. The first kappa shape index (κ1) is 35.3. The highest BCUT2D eigenvalue weighted by atomic mass is 16.6. The molecule has 0 radical (unpaired) electrons. The number of amides is 3. The van der Waals surface area contributed by atoms with Crippen molar-refractivity contribution in [3.8, 4) is 22.6 Å². The Bertz CT molecular complexity index is 1640. The van der Waals surface area contributed by atoms with Gasteiger partial charge in [-0.25, -0.2) is 9.59 Å². The topological polar surface area (TPSA) is 93.2 Å². The third-order valence-electron chi connectivity index (χ3n) is 8.60. The van der Waals surface area contributed by atoms with Crippen LogP contribution in [0.5, 0.6) is 11.5 Å². The van der Waals surface area contributed by atoms with Gasteiger partial charge in [-0.05, 0) is 67.5 Å². The second kappa shape index (κ2) is 16.4. The van der Waals surface area contributed by atoms with E-state index < -0.39 is 5.60 Å². The van der Waals surface area contributed by atoms with Gasteiger partial charge >= 0.3 is 12.1 Å². The van der Waals surface area contributed by atoms with Gasteiger partial charge in [-0.2, -0.15) is 0 Å². The van der Waals surface area contributed by atoms with E-state index in [0.717, 1.165) is 53.5 Å². The van der Waals surface area contributed by atoms with Crippen LogP contribution in [0.25, 0.3) is 11.1 Å². The molecule has 9 nitrogen and oxygen atoms in total. The summed E-state index contributed by atoms with van der Waals surface area (Å²) in [4.78, 5) is 34.7. The second-order valence-electron chi connectivity index (χ2n) is 13.5. The van der Waals surface area contributed by atoms with Gasteiger partial charge in [0.1, 0.15) is 17.1 Å². The molecule has 0 spiro atoms. The van der Waals surface area contributed by atoms with Gasteiger partial charge in [0.05, 0.1) is 14.2 Å². The molecule has 1 aromatic heterocycles. The van der Waals surface area contributed by atoms with Crippen molar-refractivity contribution in [1.82, 2.24) is 14.8 Å². The average molecular weight is 665 g/mol. The van der Waals surface area contributed by atoms with Crippen LogP contribution in [0.4, 0.5) is 15.3 Å². The van der Waals surface area contributed by atoms with Gasteiger partial charge in [-0.1, -0.05) is 73.9 Å². The summed E-state index contributed by atoms with van der Waals surface area (Å²) in [5, 5.41) is 3.00. The minimum atomic E-state index is -0.538. The molecular weight excluding hydrogens is 616 g/mol. The number of urea groups is 1. The van der Waals surface area contributed by atoms with Gasteiger partial charge < -0.3 is 29.3 Å². The van der Waals surface area contributed by atoms with Crippen LogP contribution in [-0.4, -0.2) is 52.8 Å². The van der Waals surface area contributed by atoms with Crippen LogP contribution in [0, 0.1) is 0 Å². The van der Waals surface area contributed by atoms with Crippen molar-refractivity contribution in [2.45, 2.75) is 84.2 Å². The van der Waals surface area contributed by atoms with E-state index in [0.29, 0.717) is 36.8 Å². The molecule has 0 saturated heterocycles. The van der Waals surface area contributed by atoms with Crippen molar-refractivity contribution in [2.24, 2.45) is 0 Å². The number of pyridine rings is 1. The van der Waals surface area contributed by atoms with Gasteiger partial charge in [0.2, 0.25) is 0 Å². The maximum absolute atomic E-state index is 13.6. The van der Waals surface area contributed by atoms with E-state index in [-0.39, 0.29) is 18.2 Å². The number of ether oxygens (including phenoxy) is 3. The fraction of sp³-hybridized carbons (Fsp3) is 0.375. The first-order valence-electron chi connectivity index (χ1n) is 17.0. The van der Waals surface area contributed by atoms with Gasteiger partial charge in [0, 0.05) is 62.0 Å². The Morgan fingerprint density at radius 1 is 0.776 bits per heavy atom. The van der Waals surface area contributed by atoms with Crippen LogP contribution in [-0.2, 0) is 24.4 Å². The summed E-state index contributed by atoms with van der Waals surface area (Å²) in [6.45, 7) is 7.04. The minimum Gasteiger partial charge on any atom is -0.497 e. The number of anilines is 1. The molecule has 1 saturated carbocycles. The molecule has 9 heteroatoms. The quantitative estimate of drug-likeness (QED) is 0.172. The van der Waals surface area contributed by atoms with Crippen molar-refractivity contribution in [2.75, 3.05) is 19.5 Å². The van der Waals surface area contributed by atoms with Gasteiger partial charge in [-0.15, -0.1) is 0 Å². The van der Waals surface area contributed by atoms with Crippen LogP contribution in [0.3, 0.4) is 0 Å². The monoisotopic (exact) mass is 664 g/mol. The van der Waals surface area contributed by atoms with E-state index >= 15 is 0 Å². The molecule has 3 amide bonds. The number of rotatable bonds is 11. The lowest BCUT2D eigenvalue weighted by Gasteiger charge is -2.35. The number of nitrogens with zero attached hydrogens (tertiary/aromatic N) is 3. The highest BCUT2D eigenvalue weighted by Gasteiger charge is 2.29. The summed E-state index contributed by atoms with van der Waals surface area (Å²) in [5.41, 5.74) is 5.16. The van der Waals surface area contributed by atoms with Crippen molar-refractivity contribution in [3.63, 3.8) is 0 Å². The lowest BCUT2D eigenvalue weighted by Crippen LogP contribution is -2.43. The van der Waals surface area contributed by atoms with Crippen LogP contribution in [0.2, 0.25) is 0 Å². The molecule has 1 heterocycles. The molecule has 1 aliphatic rings. The summed E-state index contributed by atoms with van der Waals surface area (Å²) in [6, 6.07) is 25.7. The maximum atomic E-state index is 13.6. The summed E-state index contributed by atoms with van der Waals surface area (Å²) in [7, 11) is 3.15. The second-order valence-corrected chi connectivity index (χ2v) is 13.5. The predicted molar refractivity (Wildman–Crippen MR) is 193 cm³/mol. The number of carbonyl (C=O) groups excluding carboxylic acids is 2. The van der Waals surface area contributed by atoms with Gasteiger partial charge in [-0.3, -0.25) is 4.98 Å². The summed E-state index contributed by atoms with van der Waals surface area (Å²) >= 11 is 0. The number of aromatic nitrogens is 1. The normalized spacial score (nSPS) is 13.3. The Morgan fingerprint density at radius 2 is 1.35 bits per heavy atom. The number of hydrogen-bond donors (Lipinski definition) is 1. The van der Waals surface area contributed by atoms with Crippen molar-refractivity contribution in [1.29, 1.82) is 0 Å². The molecule has 3 aromatic carbocycles. The molecule has 1 aliphatic carbocycles. The number of benzene rings is 3. The maximum Gasteiger partial charge on any atom is 0.410 e. The van der Waals surface area contributed by atoms with Crippen molar-refractivity contribution < 1.29 is 23.8 Å². The Morgan fingerprint density at radius 3 is 1.88 bits per heavy atom. The Balaban J connectivity index is 1.28. The highest BCUT2D eigenvalue weighted by molar-refractivity contribution is 5.90. The first-order chi connectivity index (χ1) is 23.6. The first-order valence-corrected chi connectivity index (χ1v) is 17.0. The van der Waals surface area contributed by atoms with Crippen LogP contribution < -0.4 is 14.8 Å². The zero-order valence-electron chi connectivity index (χ0n) is 29.3. The standard InChI is InChI=1S/C40H48N4O5/c1-40(2,3)49-39(46)44(35-11-7-6-8-12-35)28-30-15-19-33(20-16-30)32-17-13-29(14-18-32)26-43(27-31-10-9-21-41-25-31)38(45)42-34-22-36(47-4)24-37(23-34)48-5/h9-10,13-25,35H,6-8,11-12,26-28H2,1-5H3,(H,42,45). The SMILES string of the molecule is COc1cc(NC(=O)N(Cc2ccc(-c3ccc(CN(C(=O)OC(C)(C)C)C4CCCCC4)cc3)cc2)Cc2cccnc2)cc(OC)c1. The molecule has 0 unspecified atom stereocenters. The van der Waals surface area contributed by atoms with Crippen molar-refractivity contribution in [3.05, 3.63) is 108 Å². The van der Waals surface area contributed by atoms with E-state index in [1.54, 1.807) is 49.7 Å². The van der Waals surface area contributed by atoms with Crippen LogP contribution in [0.1, 0.15) is 69.6 Å². The third-order valence-corrected chi connectivity index (χ3v) is 8.60. The Labute approximate surface area is 290 Å². The number of hydrogen-bond acceptors (Lipinski definition) is 6. The van der Waals surface area contributed by atoms with Crippen LogP contribution in [0.15, 0.2) is 91.3 Å². The summed E-state index contributed by atoms with van der Waals surface area (Å²) in [6.07, 6.45) is 8.78. The summed E-state index contributed by atoms with van der Waals surface area (Å²) < 4.78 is 16.6. The molecule has 0 aliphatic heterocycles. The van der Waals surface area contributed by atoms with E-state index in [9.17, 15) is 9.59 Å². The molecule has 0 bridgehead atoms. The summed E-state index contributed by atoms with van der Waals surface area (Å²) in [5.74, 6) is 1.17. The molecular formula is C40H48N4O5. The van der Waals surface area contributed by atoms with E-state index in [4.69, 9.17) is 14.2 Å². The smallest absolute Gasteiger partial charge is 0.410 e. The predicted octanol–water partition coefficient (Wildman–Crippen LogP) is 9.07. The zero-order chi connectivity index (χ0) is 34.8. The molecule has 49 heavy (non-hydrogen) atoms. The van der Waals surface area contributed by atoms with Gasteiger partial charge in [0.25, 0.3) is 0 Å². The number of nitrogens with one attached hydrogen (secondary N) is 1. The fourth-order valence-electron chi connectivity index (χ4n) is 6.07. The molecule has 5 rings (SSSR count). The molecule has 0 atom stereocenters. The lowest BCUT2D eigenvalue weighted by atomic mass is 9.94. The highest BCUT2D eigenvalue weighted by Crippen LogP contribution is 2.29. The Kier molecular flexibility index (Phi) is 11.8. The van der Waals surface area contributed by atoms with Crippen LogP contribution >= 0.6 is 0 Å². The zero-order valence-corrected chi connectivity index (χ0v) is 29.3. The van der Waals surface area contributed by atoms with E-state index in [1.807, 2.05) is 37.8 Å². The lowest BCUT2D eigenvalue weighted by molar-refractivity contribution is 0.00988. The molecule has 1 fully saturated rings. The third kappa shape index (κ3) is 10.2.